The number of pyridine rings is 1. The summed E-state index contributed by atoms with van der Waals surface area (Å²) < 4.78 is 1.36. The SMILES string of the molecule is C[C@@H]1[C@H](C)CCC[C@H]1NC(=O)CNC(=O)Cn1ccc2ccccc2c1=O. The van der Waals surface area contributed by atoms with Crippen LogP contribution in [0.25, 0.3) is 10.8 Å². The largest absolute Gasteiger partial charge is 0.352 e. The van der Waals surface area contributed by atoms with E-state index in [-0.39, 0.29) is 36.5 Å². The van der Waals surface area contributed by atoms with Gasteiger partial charge >= 0.3 is 0 Å². The maximum atomic E-state index is 12.4. The predicted molar refractivity (Wildman–Crippen MR) is 105 cm³/mol. The van der Waals surface area contributed by atoms with E-state index in [1.165, 1.54) is 11.0 Å². The number of aromatic nitrogens is 1. The number of nitrogens with zero attached hydrogens (tertiary/aromatic N) is 1. The molecule has 6 nitrogen and oxygen atoms in total. The summed E-state index contributed by atoms with van der Waals surface area (Å²) in [7, 11) is 0. The van der Waals surface area contributed by atoms with Crippen molar-refractivity contribution in [2.45, 2.75) is 45.7 Å². The van der Waals surface area contributed by atoms with Gasteiger partial charge < -0.3 is 15.2 Å². The Balaban J connectivity index is 1.53. The minimum atomic E-state index is -0.354. The molecule has 27 heavy (non-hydrogen) atoms. The highest BCUT2D eigenvalue weighted by molar-refractivity contribution is 5.85. The molecule has 1 heterocycles. The Labute approximate surface area is 159 Å². The van der Waals surface area contributed by atoms with E-state index >= 15 is 0 Å². The van der Waals surface area contributed by atoms with E-state index in [1.807, 2.05) is 18.2 Å². The fraction of sp³-hybridized carbons (Fsp3) is 0.476. The first-order valence-electron chi connectivity index (χ1n) is 9.60. The molecule has 0 spiro atoms. The van der Waals surface area contributed by atoms with Crippen LogP contribution >= 0.6 is 0 Å². The predicted octanol–water partition coefficient (Wildman–Crippen LogP) is 2.06. The Morgan fingerprint density at radius 1 is 1.11 bits per heavy atom. The number of fused-ring (bicyclic) bond motifs is 1. The van der Waals surface area contributed by atoms with Gasteiger partial charge in [0.15, 0.2) is 0 Å². The molecule has 0 aliphatic heterocycles. The van der Waals surface area contributed by atoms with Crippen LogP contribution in [0, 0.1) is 11.8 Å². The van der Waals surface area contributed by atoms with Crippen LogP contribution in [-0.2, 0) is 16.1 Å². The van der Waals surface area contributed by atoms with Crippen LogP contribution in [0.3, 0.4) is 0 Å². The number of carbonyl (C=O) groups is 2. The van der Waals surface area contributed by atoms with Gasteiger partial charge in [0.1, 0.15) is 6.54 Å². The van der Waals surface area contributed by atoms with E-state index in [1.54, 1.807) is 18.3 Å². The van der Waals surface area contributed by atoms with E-state index in [4.69, 9.17) is 0 Å². The average molecular weight is 369 g/mol. The van der Waals surface area contributed by atoms with E-state index in [9.17, 15) is 14.4 Å². The molecule has 2 aromatic rings. The molecule has 1 saturated carbocycles. The molecule has 0 unspecified atom stereocenters. The summed E-state index contributed by atoms with van der Waals surface area (Å²) in [4.78, 5) is 36.8. The zero-order chi connectivity index (χ0) is 19.4. The van der Waals surface area contributed by atoms with Crippen molar-refractivity contribution in [1.29, 1.82) is 0 Å². The second kappa shape index (κ2) is 8.37. The molecule has 3 atom stereocenters. The number of rotatable bonds is 5. The van der Waals surface area contributed by atoms with Gasteiger partial charge in [-0.2, -0.15) is 0 Å². The van der Waals surface area contributed by atoms with Crippen LogP contribution in [0.2, 0.25) is 0 Å². The third-order valence-corrected chi connectivity index (χ3v) is 5.70. The van der Waals surface area contributed by atoms with Gasteiger partial charge in [-0.1, -0.05) is 44.9 Å². The molecule has 1 aromatic heterocycles. The Bertz CT molecular complexity index is 890. The molecule has 3 rings (SSSR count). The highest BCUT2D eigenvalue weighted by Gasteiger charge is 2.28. The van der Waals surface area contributed by atoms with Crippen LogP contribution in [0.5, 0.6) is 0 Å². The number of nitrogens with one attached hydrogen (secondary N) is 2. The summed E-state index contributed by atoms with van der Waals surface area (Å²) in [5.41, 5.74) is -0.210. The first-order chi connectivity index (χ1) is 13.0. The van der Waals surface area contributed by atoms with Crippen molar-refractivity contribution in [3.8, 4) is 0 Å². The number of hydrogen-bond acceptors (Lipinski definition) is 3. The van der Waals surface area contributed by atoms with Gasteiger partial charge in [0.2, 0.25) is 11.8 Å². The van der Waals surface area contributed by atoms with Crippen molar-refractivity contribution >= 4 is 22.6 Å². The summed E-state index contributed by atoms with van der Waals surface area (Å²) in [5.74, 6) is 0.501. The standard InChI is InChI=1S/C21H27N3O3/c1-14-6-5-9-18(15(14)2)23-19(25)12-22-20(26)13-24-11-10-16-7-3-4-8-17(16)21(24)27/h3-4,7-8,10-11,14-15,18H,5-6,9,12-13H2,1-2H3,(H,22,26)(H,23,25)/t14-,15-,18-/m1/s1. The minimum Gasteiger partial charge on any atom is -0.352 e. The van der Waals surface area contributed by atoms with Gasteiger partial charge in [0.25, 0.3) is 5.56 Å². The summed E-state index contributed by atoms with van der Waals surface area (Å²) >= 11 is 0. The number of benzene rings is 1. The van der Waals surface area contributed by atoms with Gasteiger partial charge in [-0.15, -0.1) is 0 Å². The Hall–Kier alpha value is -2.63. The average Bonchev–Trinajstić information content (AvgIpc) is 2.66. The lowest BCUT2D eigenvalue weighted by atomic mass is 9.78. The van der Waals surface area contributed by atoms with Crippen LogP contribution < -0.4 is 16.2 Å². The second-order valence-electron chi connectivity index (χ2n) is 7.55. The van der Waals surface area contributed by atoms with E-state index < -0.39 is 0 Å². The monoisotopic (exact) mass is 369 g/mol. The third kappa shape index (κ3) is 4.56. The molecular formula is C21H27N3O3. The van der Waals surface area contributed by atoms with Gasteiger partial charge in [0.05, 0.1) is 6.54 Å². The highest BCUT2D eigenvalue weighted by atomic mass is 16.2. The molecule has 0 bridgehead atoms. The van der Waals surface area contributed by atoms with Crippen LogP contribution in [0.15, 0.2) is 41.3 Å². The fourth-order valence-corrected chi connectivity index (χ4v) is 3.79. The Kier molecular flexibility index (Phi) is 5.94. The quantitative estimate of drug-likeness (QED) is 0.847. The van der Waals surface area contributed by atoms with Crippen molar-refractivity contribution in [2.75, 3.05) is 6.54 Å². The van der Waals surface area contributed by atoms with Crippen molar-refractivity contribution < 1.29 is 9.59 Å². The van der Waals surface area contributed by atoms with Crippen molar-refractivity contribution in [3.05, 3.63) is 46.9 Å². The molecule has 1 fully saturated rings. The molecule has 1 aliphatic carbocycles. The van der Waals surface area contributed by atoms with Crippen molar-refractivity contribution in [2.24, 2.45) is 11.8 Å². The fourth-order valence-electron chi connectivity index (χ4n) is 3.79. The molecule has 6 heteroatoms. The third-order valence-electron chi connectivity index (χ3n) is 5.70. The smallest absolute Gasteiger partial charge is 0.258 e. The molecule has 2 N–H and O–H groups in total. The topological polar surface area (TPSA) is 80.2 Å². The minimum absolute atomic E-state index is 0.0707. The van der Waals surface area contributed by atoms with Gasteiger partial charge in [-0.25, -0.2) is 0 Å². The van der Waals surface area contributed by atoms with E-state index in [2.05, 4.69) is 24.5 Å². The molecule has 1 aliphatic rings. The molecule has 0 radical (unpaired) electrons. The second-order valence-corrected chi connectivity index (χ2v) is 7.55. The van der Waals surface area contributed by atoms with E-state index in [0.29, 0.717) is 17.2 Å². The first kappa shape index (κ1) is 19.1. The lowest BCUT2D eigenvalue weighted by molar-refractivity contribution is -0.127. The maximum absolute atomic E-state index is 12.4. The summed E-state index contributed by atoms with van der Waals surface area (Å²) in [6.07, 6.45) is 4.91. The normalized spacial score (nSPS) is 22.4. The summed E-state index contributed by atoms with van der Waals surface area (Å²) in [6.45, 7) is 4.21. The van der Waals surface area contributed by atoms with Gasteiger partial charge in [-0.3, -0.25) is 14.4 Å². The molecular weight excluding hydrogens is 342 g/mol. The van der Waals surface area contributed by atoms with Gasteiger partial charge in [0, 0.05) is 17.6 Å². The summed E-state index contributed by atoms with van der Waals surface area (Å²) in [6, 6.07) is 9.24. The maximum Gasteiger partial charge on any atom is 0.258 e. The molecule has 144 valence electrons. The lowest BCUT2D eigenvalue weighted by Crippen LogP contribution is -2.47. The summed E-state index contributed by atoms with van der Waals surface area (Å²) in [5, 5.41) is 7.06. The van der Waals surface area contributed by atoms with Crippen LogP contribution in [0.4, 0.5) is 0 Å². The van der Waals surface area contributed by atoms with Crippen LogP contribution in [0.1, 0.15) is 33.1 Å². The molecule has 2 amide bonds. The Morgan fingerprint density at radius 2 is 1.89 bits per heavy atom. The van der Waals surface area contributed by atoms with Crippen molar-refractivity contribution in [3.63, 3.8) is 0 Å². The molecule has 0 saturated heterocycles. The Morgan fingerprint density at radius 3 is 2.70 bits per heavy atom. The first-order valence-corrected chi connectivity index (χ1v) is 9.60. The van der Waals surface area contributed by atoms with Gasteiger partial charge in [-0.05, 0) is 35.8 Å². The zero-order valence-electron chi connectivity index (χ0n) is 15.9. The lowest BCUT2D eigenvalue weighted by Gasteiger charge is -2.34. The number of hydrogen-bond donors (Lipinski definition) is 2. The van der Waals surface area contributed by atoms with Crippen LogP contribution in [-0.4, -0.2) is 29.0 Å². The number of amides is 2. The highest BCUT2D eigenvalue weighted by Crippen LogP contribution is 2.29. The molecule has 1 aromatic carbocycles. The van der Waals surface area contributed by atoms with E-state index in [0.717, 1.165) is 18.2 Å². The number of carbonyl (C=O) groups excluding carboxylic acids is 2. The van der Waals surface area contributed by atoms with Crippen molar-refractivity contribution in [1.82, 2.24) is 15.2 Å². The zero-order valence-corrected chi connectivity index (χ0v) is 15.9.